The van der Waals surface area contributed by atoms with Crippen molar-refractivity contribution >= 4 is 27.6 Å². The van der Waals surface area contributed by atoms with Crippen LogP contribution < -0.4 is 0 Å². The molecule has 0 saturated carbocycles. The first-order chi connectivity index (χ1) is 6.29. The van der Waals surface area contributed by atoms with Gasteiger partial charge in [-0.1, -0.05) is 41.9 Å². The Balaban J connectivity index is 0.000000671. The fraction of sp³-hybridized carbons (Fsp3) is 0.889. The Morgan fingerprint density at radius 3 is 2.46 bits per heavy atom. The van der Waals surface area contributed by atoms with E-state index in [-0.39, 0.29) is 0 Å². The van der Waals surface area contributed by atoms with Crippen LogP contribution in [0.2, 0.25) is 0 Å². The Morgan fingerprint density at radius 2 is 2.08 bits per heavy atom. The van der Waals surface area contributed by atoms with Crippen molar-refractivity contribution in [3.8, 4) is 0 Å². The first kappa shape index (κ1) is 13.2. The van der Waals surface area contributed by atoms with E-state index in [0.717, 1.165) is 18.1 Å². The van der Waals surface area contributed by atoms with E-state index in [1.54, 1.807) is 0 Å². The molecule has 1 atom stereocenters. The largest absolute Gasteiger partial charge is 0.481 e. The molecule has 0 aliphatic carbocycles. The van der Waals surface area contributed by atoms with Gasteiger partial charge < -0.3 is 5.11 Å². The lowest BCUT2D eigenvalue weighted by atomic mass is 10.1. The maximum atomic E-state index is 10.1. The average molecular weight is 222 g/mol. The van der Waals surface area contributed by atoms with Crippen molar-refractivity contribution in [2.45, 2.75) is 44.8 Å². The summed E-state index contributed by atoms with van der Waals surface area (Å²) in [5.74, 6) is 0.596. The summed E-state index contributed by atoms with van der Waals surface area (Å²) in [6.07, 6.45) is 3.46. The van der Waals surface area contributed by atoms with Gasteiger partial charge in [0.15, 0.2) is 0 Å². The molecule has 0 bridgehead atoms. The number of hydrogen-bond acceptors (Lipinski definition) is 3. The molecule has 0 amide bonds. The summed E-state index contributed by atoms with van der Waals surface area (Å²) in [5.41, 5.74) is 0. The summed E-state index contributed by atoms with van der Waals surface area (Å²) >= 11 is 0. The highest BCUT2D eigenvalue weighted by atomic mass is 33.1. The van der Waals surface area contributed by atoms with Gasteiger partial charge in [0.25, 0.3) is 0 Å². The molecule has 1 N–H and O–H groups in total. The molecule has 2 nitrogen and oxygen atoms in total. The maximum absolute atomic E-state index is 10.1. The monoisotopic (exact) mass is 222 g/mol. The first-order valence-electron chi connectivity index (χ1n) is 4.79. The molecule has 0 spiro atoms. The summed E-state index contributed by atoms with van der Waals surface area (Å²) in [5, 5.41) is 9.15. The normalized spacial score (nSPS) is 19.7. The summed E-state index contributed by atoms with van der Waals surface area (Å²) in [4.78, 5) is 10.1. The van der Waals surface area contributed by atoms with Crippen LogP contribution in [0.25, 0.3) is 0 Å². The van der Waals surface area contributed by atoms with Crippen molar-refractivity contribution in [3.05, 3.63) is 0 Å². The van der Waals surface area contributed by atoms with Gasteiger partial charge in [0.2, 0.25) is 0 Å². The minimum absolute atomic E-state index is 0.338. The third-order valence-corrected chi connectivity index (χ3v) is 4.82. The number of aliphatic carboxylic acids is 1. The molecule has 78 valence electrons. The molecule has 1 saturated heterocycles. The predicted molar refractivity (Wildman–Crippen MR) is 61.3 cm³/mol. The molecular formula is C9H18O2S2. The molecule has 0 unspecified atom stereocenters. The third-order valence-electron chi connectivity index (χ3n) is 1.62. The molecule has 4 heteroatoms. The molecule has 1 fully saturated rings. The standard InChI is InChI=1S/C7H12O2S2.C2H6/c8-7(9)4-2-1-3-6-5-10-11-6;1-2/h6H,1-5H2,(H,8,9);1-2H3/t6-;/m0./s1. The lowest BCUT2D eigenvalue weighted by molar-refractivity contribution is -0.137. The van der Waals surface area contributed by atoms with Gasteiger partial charge in [0.1, 0.15) is 0 Å². The van der Waals surface area contributed by atoms with Crippen LogP contribution in [0.4, 0.5) is 0 Å². The van der Waals surface area contributed by atoms with Gasteiger partial charge in [-0.15, -0.1) is 0 Å². The Labute approximate surface area is 88.3 Å². The highest BCUT2D eigenvalue weighted by molar-refractivity contribution is 8.79. The summed E-state index contributed by atoms with van der Waals surface area (Å²) in [7, 11) is 3.84. The number of rotatable bonds is 5. The molecule has 0 radical (unpaired) electrons. The number of hydrogen-bond donors (Lipinski definition) is 1. The average Bonchev–Trinajstić information content (AvgIpc) is 2.04. The Morgan fingerprint density at radius 1 is 1.46 bits per heavy atom. The van der Waals surface area contributed by atoms with Gasteiger partial charge in [0, 0.05) is 17.4 Å². The van der Waals surface area contributed by atoms with Gasteiger partial charge in [-0.05, 0) is 12.8 Å². The van der Waals surface area contributed by atoms with Gasteiger partial charge in [-0.25, -0.2) is 0 Å². The summed E-state index contributed by atoms with van der Waals surface area (Å²) < 4.78 is 0. The minimum Gasteiger partial charge on any atom is -0.481 e. The lowest BCUT2D eigenvalue weighted by Gasteiger charge is -2.22. The predicted octanol–water partition coefficient (Wildman–Crippen LogP) is 3.42. The summed E-state index contributed by atoms with van der Waals surface area (Å²) in [6.45, 7) is 4.00. The highest BCUT2D eigenvalue weighted by Crippen LogP contribution is 2.42. The highest BCUT2D eigenvalue weighted by Gasteiger charge is 2.18. The quantitative estimate of drug-likeness (QED) is 0.571. The number of carboxylic acid groups (broad SMARTS) is 1. The van der Waals surface area contributed by atoms with Crippen molar-refractivity contribution in [1.82, 2.24) is 0 Å². The molecule has 1 aliphatic heterocycles. The van der Waals surface area contributed by atoms with E-state index in [9.17, 15) is 4.79 Å². The van der Waals surface area contributed by atoms with Crippen LogP contribution in [-0.2, 0) is 4.79 Å². The zero-order valence-corrected chi connectivity index (χ0v) is 9.92. The van der Waals surface area contributed by atoms with Crippen molar-refractivity contribution < 1.29 is 9.90 Å². The van der Waals surface area contributed by atoms with Crippen LogP contribution in [0.3, 0.4) is 0 Å². The van der Waals surface area contributed by atoms with Gasteiger partial charge in [-0.3, -0.25) is 4.79 Å². The number of unbranched alkanes of at least 4 members (excludes halogenated alkanes) is 1. The lowest BCUT2D eigenvalue weighted by Crippen LogP contribution is -2.12. The van der Waals surface area contributed by atoms with Crippen LogP contribution in [0.5, 0.6) is 0 Å². The zero-order valence-electron chi connectivity index (χ0n) is 8.28. The van der Waals surface area contributed by atoms with E-state index in [1.165, 1.54) is 12.2 Å². The van der Waals surface area contributed by atoms with E-state index in [4.69, 9.17) is 5.11 Å². The zero-order chi connectivity index (χ0) is 10.1. The molecule has 0 aromatic rings. The molecule has 1 aliphatic rings. The molecule has 0 aromatic heterocycles. The second kappa shape index (κ2) is 8.75. The van der Waals surface area contributed by atoms with Crippen molar-refractivity contribution in [2.24, 2.45) is 0 Å². The van der Waals surface area contributed by atoms with Crippen molar-refractivity contribution in [2.75, 3.05) is 5.75 Å². The van der Waals surface area contributed by atoms with Crippen LogP contribution in [-0.4, -0.2) is 22.1 Å². The van der Waals surface area contributed by atoms with E-state index in [2.05, 4.69) is 0 Å². The topological polar surface area (TPSA) is 37.3 Å². The van der Waals surface area contributed by atoms with E-state index < -0.39 is 5.97 Å². The van der Waals surface area contributed by atoms with Crippen LogP contribution in [0, 0.1) is 0 Å². The van der Waals surface area contributed by atoms with Crippen molar-refractivity contribution in [1.29, 1.82) is 0 Å². The van der Waals surface area contributed by atoms with Gasteiger partial charge in [0.05, 0.1) is 0 Å². The molecule has 1 rings (SSSR count). The van der Waals surface area contributed by atoms with Crippen LogP contribution >= 0.6 is 21.6 Å². The van der Waals surface area contributed by atoms with E-state index >= 15 is 0 Å². The van der Waals surface area contributed by atoms with Gasteiger partial charge in [-0.2, -0.15) is 0 Å². The van der Waals surface area contributed by atoms with Gasteiger partial charge >= 0.3 is 5.97 Å². The Hall–Kier alpha value is 0.170. The minimum atomic E-state index is -0.666. The molecular weight excluding hydrogens is 204 g/mol. The Bertz CT molecular complexity index is 136. The first-order valence-corrected chi connectivity index (χ1v) is 7.17. The van der Waals surface area contributed by atoms with E-state index in [0.29, 0.717) is 6.42 Å². The third kappa shape index (κ3) is 7.26. The second-order valence-corrected chi connectivity index (χ2v) is 5.35. The van der Waals surface area contributed by atoms with E-state index in [1.807, 2.05) is 35.4 Å². The SMILES string of the molecule is CC.O=C(O)CCCC[C@H]1CSS1. The molecule has 0 aromatic carbocycles. The fourth-order valence-electron chi connectivity index (χ4n) is 0.944. The molecule has 13 heavy (non-hydrogen) atoms. The fourth-order valence-corrected chi connectivity index (χ4v) is 2.98. The maximum Gasteiger partial charge on any atom is 0.303 e. The number of carboxylic acids is 1. The second-order valence-electron chi connectivity index (χ2n) is 2.64. The number of carbonyl (C=O) groups is 1. The van der Waals surface area contributed by atoms with Crippen LogP contribution in [0.1, 0.15) is 39.5 Å². The smallest absolute Gasteiger partial charge is 0.303 e. The Kier molecular flexibility index (Phi) is 8.87. The van der Waals surface area contributed by atoms with Crippen molar-refractivity contribution in [3.63, 3.8) is 0 Å². The summed E-state index contributed by atoms with van der Waals surface area (Å²) in [6, 6.07) is 0. The van der Waals surface area contributed by atoms with Crippen LogP contribution in [0.15, 0.2) is 0 Å². The molecule has 1 heterocycles.